The van der Waals surface area contributed by atoms with Crippen LogP contribution in [0.5, 0.6) is 5.75 Å². The Labute approximate surface area is 261 Å². The molecule has 1 unspecified atom stereocenters. The number of ether oxygens (including phenoxy) is 2. The van der Waals surface area contributed by atoms with E-state index < -0.39 is 17.9 Å². The molecule has 0 radical (unpaired) electrons. The number of carboxylic acids is 1. The minimum absolute atomic E-state index is 0.0263. The molecule has 0 aliphatic carbocycles. The maximum absolute atomic E-state index is 15.9. The van der Waals surface area contributed by atoms with Gasteiger partial charge >= 0.3 is 5.97 Å². The second-order valence-corrected chi connectivity index (χ2v) is 11.5. The van der Waals surface area contributed by atoms with Gasteiger partial charge in [-0.3, -0.25) is 9.58 Å². The van der Waals surface area contributed by atoms with Gasteiger partial charge in [-0.05, 0) is 54.8 Å². The van der Waals surface area contributed by atoms with Gasteiger partial charge in [-0.2, -0.15) is 5.10 Å². The Bertz CT molecular complexity index is 1820. The number of benzene rings is 3. The van der Waals surface area contributed by atoms with Crippen LogP contribution in [0.1, 0.15) is 53.3 Å². The van der Waals surface area contributed by atoms with Crippen LogP contribution in [-0.2, 0) is 24.6 Å². The molecule has 0 amide bonds. The molecule has 5 aromatic rings. The highest BCUT2D eigenvalue weighted by atomic mass is 19.1. The molecule has 3 heterocycles. The SMILES string of the molecule is CCc1c(-c2c(F)ccc3c(CCCOc4cccc5ccccc45)c(C(=O)O)[nH]c23)c(C(O)CCN2CCOCC2)nn1C. The van der Waals surface area contributed by atoms with Crippen molar-refractivity contribution in [1.82, 2.24) is 19.7 Å². The number of nitrogens with zero attached hydrogens (tertiary/aromatic N) is 3. The summed E-state index contributed by atoms with van der Waals surface area (Å²) in [6, 6.07) is 16.9. The number of rotatable bonds is 12. The number of fused-ring (bicyclic) bond motifs is 2. The van der Waals surface area contributed by atoms with Gasteiger partial charge in [0.1, 0.15) is 17.3 Å². The third-order valence-corrected chi connectivity index (χ3v) is 8.74. The summed E-state index contributed by atoms with van der Waals surface area (Å²) in [5, 5.41) is 28.9. The van der Waals surface area contributed by atoms with Gasteiger partial charge in [-0.1, -0.05) is 43.3 Å². The van der Waals surface area contributed by atoms with E-state index in [1.54, 1.807) is 17.8 Å². The zero-order chi connectivity index (χ0) is 31.5. The van der Waals surface area contributed by atoms with Crippen molar-refractivity contribution in [3.63, 3.8) is 0 Å². The molecule has 0 spiro atoms. The average molecular weight is 615 g/mol. The lowest BCUT2D eigenvalue weighted by atomic mass is 9.94. The number of carbonyl (C=O) groups is 1. The van der Waals surface area contributed by atoms with E-state index in [2.05, 4.69) is 15.0 Å². The molecule has 1 fully saturated rings. The van der Waals surface area contributed by atoms with Gasteiger partial charge in [-0.15, -0.1) is 0 Å². The lowest BCUT2D eigenvalue weighted by Crippen LogP contribution is -2.37. The second kappa shape index (κ2) is 13.4. The van der Waals surface area contributed by atoms with Crippen LogP contribution in [0.4, 0.5) is 4.39 Å². The summed E-state index contributed by atoms with van der Waals surface area (Å²) < 4.78 is 29.1. The van der Waals surface area contributed by atoms with E-state index in [-0.39, 0.29) is 11.3 Å². The van der Waals surface area contributed by atoms with E-state index in [1.807, 2.05) is 49.4 Å². The molecule has 3 N–H and O–H groups in total. The zero-order valence-electron chi connectivity index (χ0n) is 25.7. The Morgan fingerprint density at radius 2 is 1.87 bits per heavy atom. The number of hydrogen-bond donors (Lipinski definition) is 3. The van der Waals surface area contributed by atoms with Crippen molar-refractivity contribution in [1.29, 1.82) is 0 Å². The van der Waals surface area contributed by atoms with Crippen LogP contribution >= 0.6 is 0 Å². The number of aromatic amines is 1. The minimum atomic E-state index is -1.12. The first-order valence-corrected chi connectivity index (χ1v) is 15.6. The van der Waals surface area contributed by atoms with Gasteiger partial charge in [0.2, 0.25) is 0 Å². The van der Waals surface area contributed by atoms with Crippen molar-refractivity contribution in [2.24, 2.45) is 7.05 Å². The Hall–Kier alpha value is -4.25. The Kier molecular flexibility index (Phi) is 9.16. The maximum atomic E-state index is 15.9. The molecule has 1 aliphatic rings. The summed E-state index contributed by atoms with van der Waals surface area (Å²) in [7, 11) is 1.79. The number of morpholine rings is 1. The monoisotopic (exact) mass is 614 g/mol. The van der Waals surface area contributed by atoms with Crippen molar-refractivity contribution < 1.29 is 28.9 Å². The van der Waals surface area contributed by atoms with Crippen LogP contribution < -0.4 is 4.74 Å². The van der Waals surface area contributed by atoms with E-state index in [4.69, 9.17) is 9.47 Å². The molecular weight excluding hydrogens is 575 g/mol. The molecule has 2 aromatic heterocycles. The number of aromatic nitrogens is 3. The molecule has 45 heavy (non-hydrogen) atoms. The standard InChI is InChI=1S/C35H39FN4O5/c1-3-27-31(34(38-39(27)2)28(41)15-16-40-17-20-44-21-18-40)30-26(36)14-13-25-24(33(35(42)43)37-32(25)30)11-7-19-45-29-12-6-9-22-8-4-5-10-23(22)29/h4-6,8-10,12-14,28,37,41H,3,7,11,15-21H2,1-2H3,(H,42,43). The van der Waals surface area contributed by atoms with E-state index in [0.29, 0.717) is 79.8 Å². The lowest BCUT2D eigenvalue weighted by Gasteiger charge is -2.27. The minimum Gasteiger partial charge on any atom is -0.493 e. The van der Waals surface area contributed by atoms with Crippen molar-refractivity contribution in [3.8, 4) is 16.9 Å². The average Bonchev–Trinajstić information content (AvgIpc) is 3.59. The molecular formula is C35H39FN4O5. The number of carboxylic acid groups (broad SMARTS) is 1. The van der Waals surface area contributed by atoms with E-state index in [0.717, 1.165) is 35.3 Å². The lowest BCUT2D eigenvalue weighted by molar-refractivity contribution is 0.0297. The number of H-pyrrole nitrogens is 1. The molecule has 1 atom stereocenters. The number of aryl methyl sites for hydroxylation is 2. The first-order valence-electron chi connectivity index (χ1n) is 15.6. The van der Waals surface area contributed by atoms with Gasteiger partial charge in [0.15, 0.2) is 0 Å². The first kappa shape index (κ1) is 30.8. The molecule has 9 nitrogen and oxygen atoms in total. The number of aliphatic hydroxyl groups is 1. The largest absolute Gasteiger partial charge is 0.493 e. The maximum Gasteiger partial charge on any atom is 0.352 e. The van der Waals surface area contributed by atoms with E-state index in [9.17, 15) is 15.0 Å². The predicted molar refractivity (Wildman–Crippen MR) is 171 cm³/mol. The molecule has 1 aliphatic heterocycles. The molecule has 0 saturated carbocycles. The van der Waals surface area contributed by atoms with Crippen molar-refractivity contribution in [3.05, 3.63) is 83.1 Å². The van der Waals surface area contributed by atoms with Crippen LogP contribution in [0.2, 0.25) is 0 Å². The van der Waals surface area contributed by atoms with E-state index in [1.165, 1.54) is 6.07 Å². The summed E-state index contributed by atoms with van der Waals surface area (Å²) in [6.07, 6.45) is 1.03. The molecule has 3 aromatic carbocycles. The fourth-order valence-electron chi connectivity index (χ4n) is 6.49. The Morgan fingerprint density at radius 1 is 1.09 bits per heavy atom. The summed E-state index contributed by atoms with van der Waals surface area (Å²) in [5.74, 6) is -0.843. The van der Waals surface area contributed by atoms with Gasteiger partial charge in [0, 0.05) is 54.3 Å². The number of aliphatic hydroxyl groups excluding tert-OH is 1. The van der Waals surface area contributed by atoms with Gasteiger partial charge in [0.25, 0.3) is 0 Å². The molecule has 6 rings (SSSR count). The Balaban J connectivity index is 1.31. The topological polar surface area (TPSA) is 113 Å². The smallest absolute Gasteiger partial charge is 0.352 e. The number of nitrogens with one attached hydrogen (secondary N) is 1. The number of hydrogen-bond acceptors (Lipinski definition) is 6. The van der Waals surface area contributed by atoms with Crippen LogP contribution in [0.3, 0.4) is 0 Å². The van der Waals surface area contributed by atoms with E-state index >= 15 is 4.39 Å². The van der Waals surface area contributed by atoms with Gasteiger partial charge < -0.3 is 24.7 Å². The zero-order valence-corrected chi connectivity index (χ0v) is 25.7. The number of aromatic carboxylic acids is 1. The van der Waals surface area contributed by atoms with Gasteiger partial charge in [-0.25, -0.2) is 9.18 Å². The van der Waals surface area contributed by atoms with Crippen LogP contribution in [0.15, 0.2) is 54.6 Å². The highest BCUT2D eigenvalue weighted by Crippen LogP contribution is 2.40. The van der Waals surface area contributed by atoms with Crippen molar-refractivity contribution in [2.45, 2.75) is 38.7 Å². The van der Waals surface area contributed by atoms with Crippen molar-refractivity contribution >= 4 is 27.6 Å². The fourth-order valence-corrected chi connectivity index (χ4v) is 6.49. The summed E-state index contributed by atoms with van der Waals surface area (Å²) >= 11 is 0. The van der Waals surface area contributed by atoms with Gasteiger partial charge in [0.05, 0.1) is 37.1 Å². The predicted octanol–water partition coefficient (Wildman–Crippen LogP) is 5.89. The molecule has 1 saturated heterocycles. The summed E-state index contributed by atoms with van der Waals surface area (Å²) in [6.45, 7) is 5.92. The third-order valence-electron chi connectivity index (χ3n) is 8.74. The Morgan fingerprint density at radius 3 is 2.64 bits per heavy atom. The van der Waals surface area contributed by atoms with Crippen LogP contribution in [0.25, 0.3) is 32.8 Å². The quantitative estimate of drug-likeness (QED) is 0.150. The molecule has 10 heteroatoms. The highest BCUT2D eigenvalue weighted by molar-refractivity contribution is 6.03. The summed E-state index contributed by atoms with van der Waals surface area (Å²) in [5.41, 5.74) is 2.92. The normalized spacial score (nSPS) is 14.8. The molecule has 236 valence electrons. The molecule has 0 bridgehead atoms. The van der Waals surface area contributed by atoms with Crippen molar-refractivity contribution in [2.75, 3.05) is 39.5 Å². The summed E-state index contributed by atoms with van der Waals surface area (Å²) in [4.78, 5) is 17.7. The number of halogens is 1. The highest BCUT2D eigenvalue weighted by Gasteiger charge is 2.29. The second-order valence-electron chi connectivity index (χ2n) is 11.5. The fraction of sp³-hybridized carbons (Fsp3) is 0.371. The first-order chi connectivity index (χ1) is 21.9. The van der Waals surface area contributed by atoms with Crippen LogP contribution in [0, 0.1) is 5.82 Å². The van der Waals surface area contributed by atoms with Crippen LogP contribution in [-0.4, -0.2) is 75.3 Å². The third kappa shape index (κ3) is 6.18.